The normalized spacial score (nSPS) is 11.6. The first-order valence-corrected chi connectivity index (χ1v) is 5.38. The molecule has 94 valence electrons. The SMILES string of the molecule is COCOc1cccc(O)c1C/C=C(\C)CO. The van der Waals surface area contributed by atoms with E-state index in [1.165, 1.54) is 7.11 Å². The number of allylic oxidation sites excluding steroid dienone is 1. The summed E-state index contributed by atoms with van der Waals surface area (Å²) in [4.78, 5) is 0. The van der Waals surface area contributed by atoms with Gasteiger partial charge in [0.1, 0.15) is 11.5 Å². The van der Waals surface area contributed by atoms with E-state index >= 15 is 0 Å². The molecule has 0 amide bonds. The van der Waals surface area contributed by atoms with Crippen LogP contribution in [-0.4, -0.2) is 30.7 Å². The highest BCUT2D eigenvalue weighted by atomic mass is 16.7. The van der Waals surface area contributed by atoms with Gasteiger partial charge >= 0.3 is 0 Å². The van der Waals surface area contributed by atoms with E-state index in [9.17, 15) is 5.11 Å². The van der Waals surface area contributed by atoms with E-state index in [-0.39, 0.29) is 19.1 Å². The lowest BCUT2D eigenvalue weighted by Gasteiger charge is -2.11. The lowest BCUT2D eigenvalue weighted by molar-refractivity contribution is 0.0503. The Hall–Kier alpha value is -1.52. The number of aromatic hydroxyl groups is 1. The fourth-order valence-electron chi connectivity index (χ4n) is 1.36. The molecular formula is C13H18O4. The van der Waals surface area contributed by atoms with Gasteiger partial charge in [-0.05, 0) is 25.5 Å². The van der Waals surface area contributed by atoms with Crippen molar-refractivity contribution in [2.45, 2.75) is 13.3 Å². The summed E-state index contributed by atoms with van der Waals surface area (Å²) in [5.74, 6) is 0.773. The maximum atomic E-state index is 9.76. The minimum Gasteiger partial charge on any atom is -0.508 e. The zero-order valence-electron chi connectivity index (χ0n) is 10.1. The van der Waals surface area contributed by atoms with Crippen LogP contribution >= 0.6 is 0 Å². The second-order valence-corrected chi connectivity index (χ2v) is 3.72. The number of aliphatic hydroxyl groups excluding tert-OH is 1. The van der Waals surface area contributed by atoms with Crippen molar-refractivity contribution in [3.8, 4) is 11.5 Å². The van der Waals surface area contributed by atoms with Crippen LogP contribution in [0.5, 0.6) is 11.5 Å². The third-order valence-corrected chi connectivity index (χ3v) is 2.34. The summed E-state index contributed by atoms with van der Waals surface area (Å²) in [6.07, 6.45) is 2.37. The van der Waals surface area contributed by atoms with Crippen molar-refractivity contribution in [1.82, 2.24) is 0 Å². The molecule has 0 aromatic heterocycles. The predicted octanol–water partition coefficient (Wildman–Crippen LogP) is 1.86. The summed E-state index contributed by atoms with van der Waals surface area (Å²) in [7, 11) is 1.54. The van der Waals surface area contributed by atoms with Crippen LogP contribution in [0.1, 0.15) is 12.5 Å². The minimum atomic E-state index is 0.0157. The summed E-state index contributed by atoms with van der Waals surface area (Å²) in [5, 5.41) is 18.7. The number of methoxy groups -OCH3 is 1. The van der Waals surface area contributed by atoms with Gasteiger partial charge in [0.2, 0.25) is 0 Å². The van der Waals surface area contributed by atoms with Crippen molar-refractivity contribution in [3.63, 3.8) is 0 Å². The highest BCUT2D eigenvalue weighted by molar-refractivity contribution is 5.45. The van der Waals surface area contributed by atoms with Gasteiger partial charge in [0.25, 0.3) is 0 Å². The van der Waals surface area contributed by atoms with E-state index in [4.69, 9.17) is 14.6 Å². The molecule has 0 saturated heterocycles. The van der Waals surface area contributed by atoms with Crippen LogP contribution in [0.25, 0.3) is 0 Å². The summed E-state index contributed by atoms with van der Waals surface area (Å²) in [5.41, 5.74) is 1.54. The van der Waals surface area contributed by atoms with E-state index in [0.717, 1.165) is 5.57 Å². The number of rotatable bonds is 6. The molecular weight excluding hydrogens is 220 g/mol. The third-order valence-electron chi connectivity index (χ3n) is 2.34. The van der Waals surface area contributed by atoms with Crippen LogP contribution in [-0.2, 0) is 11.2 Å². The van der Waals surface area contributed by atoms with Gasteiger partial charge in [-0.15, -0.1) is 0 Å². The molecule has 1 aromatic rings. The number of benzene rings is 1. The van der Waals surface area contributed by atoms with Crippen molar-refractivity contribution < 1.29 is 19.7 Å². The Morgan fingerprint density at radius 2 is 2.18 bits per heavy atom. The predicted molar refractivity (Wildman–Crippen MR) is 65.2 cm³/mol. The van der Waals surface area contributed by atoms with Crippen LogP contribution in [0.3, 0.4) is 0 Å². The number of phenolic OH excluding ortho intramolecular Hbond substituents is 1. The van der Waals surface area contributed by atoms with E-state index in [1.54, 1.807) is 18.2 Å². The molecule has 0 heterocycles. The minimum absolute atomic E-state index is 0.0157. The monoisotopic (exact) mass is 238 g/mol. The van der Waals surface area contributed by atoms with Crippen LogP contribution < -0.4 is 4.74 Å². The van der Waals surface area contributed by atoms with Gasteiger partial charge in [0, 0.05) is 12.7 Å². The molecule has 0 bridgehead atoms. The average Bonchev–Trinajstić information content (AvgIpc) is 2.34. The molecule has 1 aromatic carbocycles. The zero-order chi connectivity index (χ0) is 12.7. The Labute approximate surface area is 101 Å². The Morgan fingerprint density at radius 3 is 2.82 bits per heavy atom. The van der Waals surface area contributed by atoms with Gasteiger partial charge in [-0.2, -0.15) is 0 Å². The molecule has 0 aliphatic heterocycles. The first kappa shape index (κ1) is 13.5. The summed E-state index contributed by atoms with van der Waals surface area (Å²) >= 11 is 0. The first-order valence-electron chi connectivity index (χ1n) is 5.38. The average molecular weight is 238 g/mol. The van der Waals surface area contributed by atoms with Gasteiger partial charge in [0.15, 0.2) is 6.79 Å². The van der Waals surface area contributed by atoms with Gasteiger partial charge < -0.3 is 19.7 Å². The van der Waals surface area contributed by atoms with Crippen LogP contribution in [0, 0.1) is 0 Å². The lowest BCUT2D eigenvalue weighted by Crippen LogP contribution is -2.01. The number of hydrogen-bond acceptors (Lipinski definition) is 4. The summed E-state index contributed by atoms with van der Waals surface area (Å²) in [6.45, 7) is 1.98. The lowest BCUT2D eigenvalue weighted by atomic mass is 10.1. The molecule has 4 nitrogen and oxygen atoms in total. The highest BCUT2D eigenvalue weighted by Crippen LogP contribution is 2.28. The van der Waals surface area contributed by atoms with Crippen molar-refractivity contribution in [3.05, 3.63) is 35.4 Å². The molecule has 2 N–H and O–H groups in total. The Kier molecular flexibility index (Phi) is 5.52. The van der Waals surface area contributed by atoms with Gasteiger partial charge in [-0.1, -0.05) is 17.7 Å². The quantitative estimate of drug-likeness (QED) is 0.586. The largest absolute Gasteiger partial charge is 0.508 e. The molecule has 0 saturated carbocycles. The van der Waals surface area contributed by atoms with E-state index in [0.29, 0.717) is 17.7 Å². The Balaban J connectivity index is 2.87. The molecule has 4 heteroatoms. The molecule has 0 aliphatic rings. The molecule has 0 spiro atoms. The molecule has 1 rings (SSSR count). The van der Waals surface area contributed by atoms with Gasteiger partial charge in [-0.25, -0.2) is 0 Å². The molecule has 17 heavy (non-hydrogen) atoms. The summed E-state index contributed by atoms with van der Waals surface area (Å²) in [6, 6.07) is 5.10. The second kappa shape index (κ2) is 6.93. The fourth-order valence-corrected chi connectivity index (χ4v) is 1.36. The second-order valence-electron chi connectivity index (χ2n) is 3.72. The van der Waals surface area contributed by atoms with E-state index in [1.807, 2.05) is 13.0 Å². The van der Waals surface area contributed by atoms with Crippen molar-refractivity contribution >= 4 is 0 Å². The van der Waals surface area contributed by atoms with Crippen molar-refractivity contribution in [1.29, 1.82) is 0 Å². The van der Waals surface area contributed by atoms with E-state index < -0.39 is 0 Å². The smallest absolute Gasteiger partial charge is 0.188 e. The van der Waals surface area contributed by atoms with Crippen LogP contribution in [0.4, 0.5) is 0 Å². The first-order chi connectivity index (χ1) is 8.19. The number of ether oxygens (including phenoxy) is 2. The molecule has 0 aliphatic carbocycles. The van der Waals surface area contributed by atoms with E-state index in [2.05, 4.69) is 0 Å². The Bertz CT molecular complexity index is 385. The highest BCUT2D eigenvalue weighted by Gasteiger charge is 2.07. The zero-order valence-corrected chi connectivity index (χ0v) is 10.1. The Morgan fingerprint density at radius 1 is 1.41 bits per heavy atom. The number of phenols is 1. The summed E-state index contributed by atoms with van der Waals surface area (Å²) < 4.78 is 10.2. The van der Waals surface area contributed by atoms with Crippen LogP contribution in [0.15, 0.2) is 29.8 Å². The van der Waals surface area contributed by atoms with Gasteiger partial charge in [0.05, 0.1) is 6.61 Å². The van der Waals surface area contributed by atoms with Crippen molar-refractivity contribution in [2.75, 3.05) is 20.5 Å². The fraction of sp³-hybridized carbons (Fsp3) is 0.385. The van der Waals surface area contributed by atoms with Crippen LogP contribution in [0.2, 0.25) is 0 Å². The maximum absolute atomic E-state index is 9.76. The topological polar surface area (TPSA) is 58.9 Å². The molecule has 0 fully saturated rings. The molecule has 0 unspecified atom stereocenters. The molecule has 0 radical (unpaired) electrons. The standard InChI is InChI=1S/C13H18O4/c1-10(8-14)6-7-11-12(15)4-3-5-13(11)17-9-16-2/h3-6,14-15H,7-9H2,1-2H3/b10-6+. The number of hydrogen-bond donors (Lipinski definition) is 2. The number of aliphatic hydroxyl groups is 1. The maximum Gasteiger partial charge on any atom is 0.188 e. The third kappa shape index (κ3) is 4.09. The van der Waals surface area contributed by atoms with Gasteiger partial charge in [-0.3, -0.25) is 0 Å². The van der Waals surface area contributed by atoms with Crippen molar-refractivity contribution in [2.24, 2.45) is 0 Å². The molecule has 0 atom stereocenters.